The first-order valence-corrected chi connectivity index (χ1v) is 10.1. The van der Waals surface area contributed by atoms with Crippen molar-refractivity contribution in [3.05, 3.63) is 53.1 Å². The second kappa shape index (κ2) is 8.16. The lowest BCUT2D eigenvalue weighted by Gasteiger charge is -2.27. The van der Waals surface area contributed by atoms with E-state index in [9.17, 15) is 13.2 Å². The minimum absolute atomic E-state index is 0.0418. The number of anilines is 1. The Morgan fingerprint density at radius 1 is 1.19 bits per heavy atom. The van der Waals surface area contributed by atoms with Crippen LogP contribution in [-0.2, 0) is 14.8 Å². The van der Waals surface area contributed by atoms with Crippen LogP contribution in [-0.4, -0.2) is 52.6 Å². The first kappa shape index (κ1) is 19.5. The molecule has 0 bridgehead atoms. The molecular weight excluding hydrogens is 392 g/mol. The molecule has 3 rings (SSSR count). The van der Waals surface area contributed by atoms with Crippen LogP contribution in [0.1, 0.15) is 10.4 Å². The normalized spacial score (nSPS) is 14.7. The summed E-state index contributed by atoms with van der Waals surface area (Å²) in [5.41, 5.74) is 0.521. The zero-order valence-corrected chi connectivity index (χ0v) is 16.2. The predicted molar refractivity (Wildman–Crippen MR) is 102 cm³/mol. The molecule has 27 heavy (non-hydrogen) atoms. The van der Waals surface area contributed by atoms with Gasteiger partial charge in [0.1, 0.15) is 5.75 Å². The number of carbonyl (C=O) groups excluding carboxylic acids is 1. The fraction of sp³-hybridized carbons (Fsp3) is 0.278. The van der Waals surface area contributed by atoms with Gasteiger partial charge in [-0.15, -0.1) is 0 Å². The maximum atomic E-state index is 12.8. The molecule has 0 aliphatic carbocycles. The number of halogens is 1. The van der Waals surface area contributed by atoms with Gasteiger partial charge in [0.2, 0.25) is 0 Å². The summed E-state index contributed by atoms with van der Waals surface area (Å²) in [6.45, 7) is 1.78. The standard InChI is InChI=1S/C18H19ClN2O5S/c1-25-17-6-5-15(12-16(17)18(22)21-7-9-26-10-8-21)27(23,24)20-14-4-2-3-13(19)11-14/h2-6,11-12,20H,7-10H2,1H3. The highest BCUT2D eigenvalue weighted by Crippen LogP contribution is 2.26. The molecular formula is C18H19ClN2O5S. The van der Waals surface area contributed by atoms with E-state index < -0.39 is 10.0 Å². The van der Waals surface area contributed by atoms with Crippen molar-refractivity contribution in [3.63, 3.8) is 0 Å². The highest BCUT2D eigenvalue weighted by molar-refractivity contribution is 7.92. The molecule has 0 unspecified atom stereocenters. The van der Waals surface area contributed by atoms with Gasteiger partial charge in [0.15, 0.2) is 0 Å². The number of benzene rings is 2. The SMILES string of the molecule is COc1ccc(S(=O)(=O)Nc2cccc(Cl)c2)cc1C(=O)N1CCOCC1. The first-order valence-electron chi connectivity index (χ1n) is 8.24. The molecule has 1 fully saturated rings. The van der Waals surface area contributed by atoms with Crippen molar-refractivity contribution in [1.82, 2.24) is 4.90 Å². The van der Waals surface area contributed by atoms with E-state index in [2.05, 4.69) is 4.72 Å². The Labute approximate surface area is 162 Å². The van der Waals surface area contributed by atoms with Crippen LogP contribution in [0.15, 0.2) is 47.4 Å². The summed E-state index contributed by atoms with van der Waals surface area (Å²) in [5.74, 6) is 0.0168. The minimum atomic E-state index is -3.90. The van der Waals surface area contributed by atoms with Gasteiger partial charge in [-0.1, -0.05) is 17.7 Å². The van der Waals surface area contributed by atoms with Gasteiger partial charge in [-0.25, -0.2) is 8.42 Å². The van der Waals surface area contributed by atoms with Gasteiger partial charge in [0.05, 0.1) is 36.5 Å². The van der Waals surface area contributed by atoms with Crippen molar-refractivity contribution >= 4 is 33.2 Å². The summed E-state index contributed by atoms with van der Waals surface area (Å²) in [6.07, 6.45) is 0. The van der Waals surface area contributed by atoms with Crippen molar-refractivity contribution < 1.29 is 22.7 Å². The highest BCUT2D eigenvalue weighted by Gasteiger charge is 2.24. The van der Waals surface area contributed by atoms with Crippen LogP contribution in [0, 0.1) is 0 Å². The average molecular weight is 411 g/mol. The van der Waals surface area contributed by atoms with E-state index in [0.717, 1.165) is 0 Å². The molecule has 1 aliphatic heterocycles. The molecule has 0 saturated carbocycles. The van der Waals surface area contributed by atoms with Gasteiger partial charge >= 0.3 is 0 Å². The van der Waals surface area contributed by atoms with Crippen molar-refractivity contribution in [3.8, 4) is 5.75 Å². The van der Waals surface area contributed by atoms with E-state index in [1.165, 1.54) is 31.4 Å². The van der Waals surface area contributed by atoms with Gasteiger partial charge < -0.3 is 14.4 Å². The van der Waals surface area contributed by atoms with Crippen LogP contribution in [0.2, 0.25) is 5.02 Å². The first-order chi connectivity index (χ1) is 12.9. The van der Waals surface area contributed by atoms with Crippen molar-refractivity contribution in [1.29, 1.82) is 0 Å². The van der Waals surface area contributed by atoms with Gasteiger partial charge in [0.25, 0.3) is 15.9 Å². The van der Waals surface area contributed by atoms with E-state index in [0.29, 0.717) is 42.8 Å². The van der Waals surface area contributed by atoms with E-state index in [1.807, 2.05) is 0 Å². The summed E-state index contributed by atoms with van der Waals surface area (Å²) in [5, 5.41) is 0.410. The number of sulfonamides is 1. The average Bonchev–Trinajstić information content (AvgIpc) is 2.67. The summed E-state index contributed by atoms with van der Waals surface area (Å²) < 4.78 is 38.4. The monoisotopic (exact) mass is 410 g/mol. The Morgan fingerprint density at radius 2 is 1.93 bits per heavy atom. The Balaban J connectivity index is 1.92. The van der Waals surface area contributed by atoms with Crippen molar-refractivity contribution in [2.24, 2.45) is 0 Å². The summed E-state index contributed by atoms with van der Waals surface area (Å²) >= 11 is 5.90. The van der Waals surface area contributed by atoms with Gasteiger partial charge in [0, 0.05) is 18.1 Å². The molecule has 0 aromatic heterocycles. The number of nitrogens with zero attached hydrogens (tertiary/aromatic N) is 1. The Morgan fingerprint density at radius 3 is 2.59 bits per heavy atom. The second-order valence-electron chi connectivity index (χ2n) is 5.88. The Hall–Kier alpha value is -2.29. The number of amides is 1. The topological polar surface area (TPSA) is 84.9 Å². The maximum absolute atomic E-state index is 12.8. The van der Waals surface area contributed by atoms with Crippen LogP contribution in [0.3, 0.4) is 0 Å². The van der Waals surface area contributed by atoms with Gasteiger partial charge in [-0.2, -0.15) is 0 Å². The predicted octanol–water partition coefficient (Wildman–Crippen LogP) is 2.62. The maximum Gasteiger partial charge on any atom is 0.261 e. The van der Waals surface area contributed by atoms with E-state index in [1.54, 1.807) is 23.1 Å². The van der Waals surface area contributed by atoms with Crippen LogP contribution < -0.4 is 9.46 Å². The number of nitrogens with one attached hydrogen (secondary N) is 1. The lowest BCUT2D eigenvalue weighted by molar-refractivity contribution is 0.0300. The lowest BCUT2D eigenvalue weighted by Crippen LogP contribution is -2.40. The third-order valence-corrected chi connectivity index (χ3v) is 5.70. The fourth-order valence-corrected chi connectivity index (χ4v) is 3.99. The van der Waals surface area contributed by atoms with E-state index >= 15 is 0 Å². The number of hydrogen-bond acceptors (Lipinski definition) is 5. The zero-order valence-electron chi connectivity index (χ0n) is 14.6. The summed E-state index contributed by atoms with van der Waals surface area (Å²) in [7, 11) is -2.47. The molecule has 7 nitrogen and oxygen atoms in total. The van der Waals surface area contributed by atoms with Crippen molar-refractivity contribution in [2.45, 2.75) is 4.90 Å². The van der Waals surface area contributed by atoms with Crippen LogP contribution in [0.5, 0.6) is 5.75 Å². The smallest absolute Gasteiger partial charge is 0.261 e. The molecule has 0 spiro atoms. The molecule has 1 N–H and O–H groups in total. The lowest BCUT2D eigenvalue weighted by atomic mass is 10.1. The zero-order chi connectivity index (χ0) is 19.4. The summed E-state index contributed by atoms with van der Waals surface area (Å²) in [6, 6.07) is 10.6. The molecule has 1 heterocycles. The molecule has 2 aromatic rings. The highest BCUT2D eigenvalue weighted by atomic mass is 35.5. The number of morpholine rings is 1. The Kier molecular flexibility index (Phi) is 5.88. The van der Waals surface area contributed by atoms with Crippen LogP contribution >= 0.6 is 11.6 Å². The number of hydrogen-bond donors (Lipinski definition) is 1. The van der Waals surface area contributed by atoms with E-state index in [-0.39, 0.29) is 16.4 Å². The van der Waals surface area contributed by atoms with Crippen molar-refractivity contribution in [2.75, 3.05) is 38.1 Å². The molecule has 0 atom stereocenters. The molecule has 1 aliphatic rings. The molecule has 2 aromatic carbocycles. The molecule has 9 heteroatoms. The number of carbonyl (C=O) groups is 1. The number of methoxy groups -OCH3 is 1. The Bertz CT molecular complexity index is 943. The van der Waals surface area contributed by atoms with Gasteiger partial charge in [-0.05, 0) is 36.4 Å². The third-order valence-electron chi connectivity index (χ3n) is 4.09. The largest absolute Gasteiger partial charge is 0.496 e. The van der Waals surface area contributed by atoms with Gasteiger partial charge in [-0.3, -0.25) is 9.52 Å². The summed E-state index contributed by atoms with van der Waals surface area (Å²) in [4.78, 5) is 14.4. The molecule has 1 saturated heterocycles. The minimum Gasteiger partial charge on any atom is -0.496 e. The quantitative estimate of drug-likeness (QED) is 0.819. The van der Waals surface area contributed by atoms with E-state index in [4.69, 9.17) is 21.1 Å². The van der Waals surface area contributed by atoms with Crippen LogP contribution in [0.25, 0.3) is 0 Å². The molecule has 144 valence electrons. The second-order valence-corrected chi connectivity index (χ2v) is 8.00. The number of ether oxygens (including phenoxy) is 2. The number of rotatable bonds is 5. The molecule has 1 amide bonds. The third kappa shape index (κ3) is 4.52. The fourth-order valence-electron chi connectivity index (χ4n) is 2.72. The van der Waals surface area contributed by atoms with Crippen LogP contribution in [0.4, 0.5) is 5.69 Å². The molecule has 0 radical (unpaired) electrons.